The maximum atomic E-state index is 12.1. The Kier molecular flexibility index (Phi) is 6.79. The van der Waals surface area contributed by atoms with E-state index in [0.717, 1.165) is 10.6 Å². The van der Waals surface area contributed by atoms with Crippen LogP contribution in [0.5, 0.6) is 5.75 Å². The Hall–Kier alpha value is -2.36. The van der Waals surface area contributed by atoms with Crippen LogP contribution in [0.15, 0.2) is 47.4 Å². The van der Waals surface area contributed by atoms with Gasteiger partial charge in [-0.3, -0.25) is 4.79 Å². The van der Waals surface area contributed by atoms with Crippen molar-refractivity contribution in [3.05, 3.63) is 47.5 Å². The van der Waals surface area contributed by atoms with Gasteiger partial charge in [-0.2, -0.15) is 5.26 Å². The Morgan fingerprint density at radius 1 is 1.33 bits per heavy atom. The zero-order valence-electron chi connectivity index (χ0n) is 13.0. The van der Waals surface area contributed by atoms with Crippen molar-refractivity contribution in [3.8, 4) is 11.8 Å². The van der Waals surface area contributed by atoms with Gasteiger partial charge in [0.25, 0.3) is 0 Å². The number of benzene rings is 2. The molecule has 0 spiro atoms. The summed E-state index contributed by atoms with van der Waals surface area (Å²) in [6, 6.07) is 14.7. The predicted octanol–water partition coefficient (Wildman–Crippen LogP) is 4.01. The lowest BCUT2D eigenvalue weighted by molar-refractivity contribution is -0.114. The van der Waals surface area contributed by atoms with E-state index in [9.17, 15) is 4.79 Å². The first-order chi connectivity index (χ1) is 11.6. The van der Waals surface area contributed by atoms with E-state index in [4.69, 9.17) is 21.6 Å². The molecule has 2 aromatic rings. The van der Waals surface area contributed by atoms with Crippen molar-refractivity contribution >= 4 is 40.6 Å². The summed E-state index contributed by atoms with van der Waals surface area (Å²) in [5, 5.41) is 15.0. The Morgan fingerprint density at radius 3 is 2.83 bits per heavy atom. The first-order valence-corrected chi connectivity index (χ1v) is 8.46. The zero-order valence-corrected chi connectivity index (χ0v) is 14.6. The summed E-state index contributed by atoms with van der Waals surface area (Å²) in [5.74, 6) is 0.720. The average molecular weight is 362 g/mol. The van der Waals surface area contributed by atoms with Crippen molar-refractivity contribution in [2.45, 2.75) is 4.90 Å². The van der Waals surface area contributed by atoms with Gasteiger partial charge in [0, 0.05) is 10.6 Å². The van der Waals surface area contributed by atoms with Crippen molar-refractivity contribution < 1.29 is 9.53 Å². The maximum Gasteiger partial charge on any atom is 0.243 e. The van der Waals surface area contributed by atoms with Crippen LogP contribution in [0.25, 0.3) is 0 Å². The largest absolute Gasteiger partial charge is 0.495 e. The van der Waals surface area contributed by atoms with Gasteiger partial charge in [0.05, 0.1) is 36.2 Å². The quantitative estimate of drug-likeness (QED) is 0.729. The molecule has 0 fully saturated rings. The van der Waals surface area contributed by atoms with E-state index in [1.165, 1.54) is 11.8 Å². The van der Waals surface area contributed by atoms with Gasteiger partial charge in [-0.25, -0.2) is 0 Å². The number of anilines is 2. The molecule has 7 heteroatoms. The number of nitrogens with one attached hydrogen (secondary N) is 2. The van der Waals surface area contributed by atoms with Crippen molar-refractivity contribution in [1.29, 1.82) is 5.26 Å². The van der Waals surface area contributed by atoms with E-state index in [0.29, 0.717) is 22.2 Å². The number of rotatable bonds is 7. The molecule has 24 heavy (non-hydrogen) atoms. The molecule has 1 amide bonds. The predicted molar refractivity (Wildman–Crippen MR) is 97.9 cm³/mol. The monoisotopic (exact) mass is 361 g/mol. The molecular formula is C17H16ClN3O2S. The second kappa shape index (κ2) is 9.06. The summed E-state index contributed by atoms with van der Waals surface area (Å²) < 4.78 is 5.09. The van der Waals surface area contributed by atoms with E-state index in [1.807, 2.05) is 24.3 Å². The average Bonchev–Trinajstić information content (AvgIpc) is 2.59. The highest BCUT2D eigenvalue weighted by atomic mass is 35.5. The number of para-hydroxylation sites is 1. The molecule has 0 saturated carbocycles. The molecule has 2 aromatic carbocycles. The molecule has 0 bridgehead atoms. The van der Waals surface area contributed by atoms with Gasteiger partial charge in [-0.15, -0.1) is 11.8 Å². The van der Waals surface area contributed by atoms with Gasteiger partial charge < -0.3 is 15.4 Å². The summed E-state index contributed by atoms with van der Waals surface area (Å²) in [5.41, 5.74) is 1.42. The van der Waals surface area contributed by atoms with E-state index in [-0.39, 0.29) is 12.5 Å². The number of hydrogen-bond acceptors (Lipinski definition) is 5. The van der Waals surface area contributed by atoms with Gasteiger partial charge in [0.15, 0.2) is 0 Å². The van der Waals surface area contributed by atoms with E-state index >= 15 is 0 Å². The molecule has 2 N–H and O–H groups in total. The summed E-state index contributed by atoms with van der Waals surface area (Å²) in [6.45, 7) is 0.0971. The Morgan fingerprint density at radius 2 is 2.12 bits per heavy atom. The number of nitrogens with zero attached hydrogens (tertiary/aromatic N) is 1. The van der Waals surface area contributed by atoms with Gasteiger partial charge in [0.2, 0.25) is 5.91 Å². The molecule has 0 aliphatic carbocycles. The summed E-state index contributed by atoms with van der Waals surface area (Å²) in [6.07, 6.45) is 0. The van der Waals surface area contributed by atoms with Crippen molar-refractivity contribution in [1.82, 2.24) is 0 Å². The third-order valence-corrected chi connectivity index (χ3v) is 4.29. The number of carbonyl (C=O) groups is 1. The Balaban J connectivity index is 1.94. The highest BCUT2D eigenvalue weighted by molar-refractivity contribution is 7.99. The second-order valence-electron chi connectivity index (χ2n) is 4.69. The highest BCUT2D eigenvalue weighted by Gasteiger charge is 2.08. The lowest BCUT2D eigenvalue weighted by Crippen LogP contribution is -2.22. The third-order valence-electron chi connectivity index (χ3n) is 3.06. The van der Waals surface area contributed by atoms with Crippen molar-refractivity contribution in [3.63, 3.8) is 0 Å². The van der Waals surface area contributed by atoms with Gasteiger partial charge in [0.1, 0.15) is 5.75 Å². The Labute approximate surface area is 150 Å². The van der Waals surface area contributed by atoms with E-state index in [2.05, 4.69) is 16.7 Å². The fourth-order valence-electron chi connectivity index (χ4n) is 1.96. The fraction of sp³-hybridized carbons (Fsp3) is 0.176. The zero-order chi connectivity index (χ0) is 17.4. The lowest BCUT2D eigenvalue weighted by Gasteiger charge is -2.11. The van der Waals surface area contributed by atoms with Crippen LogP contribution in [-0.4, -0.2) is 25.3 Å². The normalized spacial score (nSPS) is 9.88. The van der Waals surface area contributed by atoms with Gasteiger partial charge >= 0.3 is 0 Å². The standard InChI is InChI=1S/C17H16ClN3O2S/c1-23-15-7-6-12(10-13(15)18)20-11-17(22)21-14-4-2-3-5-16(14)24-9-8-19/h2-7,10,20H,9,11H2,1H3,(H,21,22). The number of nitriles is 1. The third kappa shape index (κ3) is 5.08. The minimum atomic E-state index is -0.188. The van der Waals surface area contributed by atoms with Crippen LogP contribution in [0.2, 0.25) is 5.02 Å². The number of methoxy groups -OCH3 is 1. The lowest BCUT2D eigenvalue weighted by atomic mass is 10.3. The maximum absolute atomic E-state index is 12.1. The van der Waals surface area contributed by atoms with Crippen LogP contribution in [0, 0.1) is 11.3 Å². The first-order valence-electron chi connectivity index (χ1n) is 7.10. The molecule has 0 aromatic heterocycles. The first kappa shape index (κ1) is 18.0. The molecule has 0 atom stereocenters. The molecule has 0 saturated heterocycles. The summed E-state index contributed by atoms with van der Waals surface area (Å²) in [4.78, 5) is 13.0. The molecule has 5 nitrogen and oxygen atoms in total. The summed E-state index contributed by atoms with van der Waals surface area (Å²) >= 11 is 7.43. The molecule has 2 rings (SSSR count). The number of carbonyl (C=O) groups excluding carboxylic acids is 1. The molecule has 0 radical (unpaired) electrons. The second-order valence-corrected chi connectivity index (χ2v) is 6.12. The number of hydrogen-bond donors (Lipinski definition) is 2. The molecule has 0 aliphatic rings. The minimum Gasteiger partial charge on any atom is -0.495 e. The number of thioether (sulfide) groups is 1. The fourth-order valence-corrected chi connectivity index (χ4v) is 2.89. The smallest absolute Gasteiger partial charge is 0.243 e. The minimum absolute atomic E-state index is 0.0971. The van der Waals surface area contributed by atoms with Crippen molar-refractivity contribution in [2.75, 3.05) is 30.0 Å². The number of halogens is 1. The van der Waals surface area contributed by atoms with Crippen LogP contribution < -0.4 is 15.4 Å². The van der Waals surface area contributed by atoms with E-state index < -0.39 is 0 Å². The number of ether oxygens (including phenoxy) is 1. The van der Waals surface area contributed by atoms with Crippen LogP contribution in [0.3, 0.4) is 0 Å². The molecule has 0 heterocycles. The topological polar surface area (TPSA) is 74.2 Å². The van der Waals surface area contributed by atoms with Gasteiger partial charge in [-0.05, 0) is 30.3 Å². The Bertz CT molecular complexity index is 762. The van der Waals surface area contributed by atoms with Crippen molar-refractivity contribution in [2.24, 2.45) is 0 Å². The molecule has 0 unspecified atom stereocenters. The molecule has 124 valence electrons. The van der Waals surface area contributed by atoms with Crippen LogP contribution >= 0.6 is 23.4 Å². The number of amides is 1. The highest BCUT2D eigenvalue weighted by Crippen LogP contribution is 2.28. The van der Waals surface area contributed by atoms with Crippen LogP contribution in [0.4, 0.5) is 11.4 Å². The summed E-state index contributed by atoms with van der Waals surface area (Å²) in [7, 11) is 1.55. The van der Waals surface area contributed by atoms with E-state index in [1.54, 1.807) is 25.3 Å². The van der Waals surface area contributed by atoms with Gasteiger partial charge in [-0.1, -0.05) is 23.7 Å². The SMILES string of the molecule is COc1ccc(NCC(=O)Nc2ccccc2SCC#N)cc1Cl. The van der Waals surface area contributed by atoms with Crippen LogP contribution in [-0.2, 0) is 4.79 Å². The molecular weight excluding hydrogens is 346 g/mol. The van der Waals surface area contributed by atoms with Crippen LogP contribution in [0.1, 0.15) is 0 Å². The molecule has 0 aliphatic heterocycles.